The Morgan fingerprint density at radius 2 is 1.52 bits per heavy atom. The van der Waals surface area contributed by atoms with E-state index in [1.54, 1.807) is 30.0 Å². The van der Waals surface area contributed by atoms with Gasteiger partial charge >= 0.3 is 5.97 Å². The van der Waals surface area contributed by atoms with Gasteiger partial charge in [0.15, 0.2) is 0 Å². The van der Waals surface area contributed by atoms with E-state index in [0.29, 0.717) is 5.56 Å². The van der Waals surface area contributed by atoms with E-state index in [9.17, 15) is 14.7 Å². The fourth-order valence-electron chi connectivity index (χ4n) is 3.46. The van der Waals surface area contributed by atoms with Gasteiger partial charge in [0.25, 0.3) is 0 Å². The van der Waals surface area contributed by atoms with Crippen LogP contribution >= 0.6 is 11.8 Å². The Morgan fingerprint density at radius 1 is 0.931 bits per heavy atom. The van der Waals surface area contributed by atoms with E-state index in [-0.39, 0.29) is 22.5 Å². The summed E-state index contributed by atoms with van der Waals surface area (Å²) in [6.45, 7) is 0. The molecule has 3 aromatic rings. The van der Waals surface area contributed by atoms with Crippen LogP contribution < -0.4 is 5.43 Å². The van der Waals surface area contributed by atoms with Gasteiger partial charge in [-0.25, -0.2) is 10.2 Å². The number of thioether (sulfide) groups is 1. The largest absolute Gasteiger partial charge is 0.478 e. The Balaban J connectivity index is 1.41. The molecule has 6 heteroatoms. The highest BCUT2D eigenvalue weighted by Crippen LogP contribution is 2.49. The summed E-state index contributed by atoms with van der Waals surface area (Å²) in [6.07, 6.45) is 1.35. The number of rotatable bonds is 6. The summed E-state index contributed by atoms with van der Waals surface area (Å²) in [6, 6.07) is 23.0. The highest BCUT2D eigenvalue weighted by Gasteiger charge is 2.28. The zero-order valence-corrected chi connectivity index (χ0v) is 16.2. The van der Waals surface area contributed by atoms with Crippen LogP contribution in [0.15, 0.2) is 77.9 Å². The molecule has 0 saturated carbocycles. The molecular formula is C23H18N2O3S. The fraction of sp³-hybridized carbons (Fsp3) is 0.0870. The number of nitrogens with zero attached hydrogens (tertiary/aromatic N) is 1. The molecule has 0 aliphatic heterocycles. The standard InChI is InChI=1S/C23H18N2O3S/c26-21(25-24-13-15-7-1-2-8-16(15)23(27)28)14-29-22-19-11-5-3-9-17(19)18-10-4-6-12-20(18)22/h1-13,22H,14H2,(H,25,26)(H,27,28)/b24-13-. The third-order valence-electron chi connectivity index (χ3n) is 4.74. The van der Waals surface area contributed by atoms with Crippen molar-refractivity contribution < 1.29 is 14.7 Å². The second kappa shape index (κ2) is 8.32. The molecule has 1 aliphatic rings. The van der Waals surface area contributed by atoms with E-state index in [2.05, 4.69) is 34.8 Å². The monoisotopic (exact) mass is 402 g/mol. The quantitative estimate of drug-likeness (QED) is 0.475. The molecule has 1 amide bonds. The van der Waals surface area contributed by atoms with Gasteiger partial charge in [0, 0.05) is 5.56 Å². The normalized spacial score (nSPS) is 12.6. The minimum absolute atomic E-state index is 0.102. The van der Waals surface area contributed by atoms with E-state index < -0.39 is 5.97 Å². The van der Waals surface area contributed by atoms with Gasteiger partial charge in [0.05, 0.1) is 22.8 Å². The molecule has 5 nitrogen and oxygen atoms in total. The summed E-state index contributed by atoms with van der Waals surface area (Å²) in [7, 11) is 0. The minimum Gasteiger partial charge on any atom is -0.478 e. The van der Waals surface area contributed by atoms with Gasteiger partial charge in [-0.05, 0) is 28.3 Å². The third kappa shape index (κ3) is 3.93. The van der Waals surface area contributed by atoms with Gasteiger partial charge in [0.2, 0.25) is 5.91 Å². The predicted molar refractivity (Wildman–Crippen MR) is 115 cm³/mol. The van der Waals surface area contributed by atoms with Crippen LogP contribution in [-0.2, 0) is 4.79 Å². The van der Waals surface area contributed by atoms with Crippen LogP contribution in [0.2, 0.25) is 0 Å². The highest BCUT2D eigenvalue weighted by atomic mass is 32.2. The average Bonchev–Trinajstić information content (AvgIpc) is 3.06. The predicted octanol–water partition coefficient (Wildman–Crippen LogP) is 4.34. The maximum Gasteiger partial charge on any atom is 0.336 e. The summed E-state index contributed by atoms with van der Waals surface area (Å²) in [5, 5.41) is 13.2. The van der Waals surface area contributed by atoms with E-state index in [1.165, 1.54) is 34.5 Å². The summed E-state index contributed by atoms with van der Waals surface area (Å²) >= 11 is 1.55. The highest BCUT2D eigenvalue weighted by molar-refractivity contribution is 8.00. The van der Waals surface area contributed by atoms with E-state index >= 15 is 0 Å². The van der Waals surface area contributed by atoms with Crippen LogP contribution in [-0.4, -0.2) is 29.0 Å². The zero-order valence-electron chi connectivity index (χ0n) is 15.4. The second-order valence-corrected chi connectivity index (χ2v) is 7.64. The third-order valence-corrected chi connectivity index (χ3v) is 6.01. The molecule has 0 bridgehead atoms. The first-order valence-corrected chi connectivity index (χ1v) is 10.1. The zero-order chi connectivity index (χ0) is 20.2. The minimum atomic E-state index is -1.03. The lowest BCUT2D eigenvalue weighted by molar-refractivity contribution is -0.118. The number of fused-ring (bicyclic) bond motifs is 3. The van der Waals surface area contributed by atoms with E-state index in [0.717, 1.165) is 0 Å². The number of nitrogens with one attached hydrogen (secondary N) is 1. The first-order valence-electron chi connectivity index (χ1n) is 9.09. The SMILES string of the molecule is O=C(CSC1c2ccccc2-c2ccccc21)N/N=C\c1ccccc1C(=O)O. The van der Waals surface area contributed by atoms with Crippen LogP contribution in [0.25, 0.3) is 11.1 Å². The van der Waals surface area contributed by atoms with Gasteiger partial charge in [-0.2, -0.15) is 5.10 Å². The smallest absolute Gasteiger partial charge is 0.336 e. The van der Waals surface area contributed by atoms with E-state index in [1.807, 2.05) is 24.3 Å². The molecule has 144 valence electrons. The van der Waals surface area contributed by atoms with Crippen molar-refractivity contribution in [1.82, 2.24) is 5.43 Å². The number of carboxylic acid groups (broad SMARTS) is 1. The molecule has 0 aromatic heterocycles. The Bertz CT molecular complexity index is 1070. The van der Waals surface area contributed by atoms with E-state index in [4.69, 9.17) is 0 Å². The molecule has 0 heterocycles. The molecule has 2 N–H and O–H groups in total. The molecule has 3 aromatic carbocycles. The number of benzene rings is 3. The summed E-state index contributed by atoms with van der Waals surface area (Å²) < 4.78 is 0. The van der Waals surface area contributed by atoms with Crippen LogP contribution in [0.5, 0.6) is 0 Å². The molecule has 0 atom stereocenters. The number of amides is 1. The molecule has 0 spiro atoms. The number of aromatic carboxylic acids is 1. The summed E-state index contributed by atoms with van der Waals surface area (Å²) in [5.74, 6) is -1.03. The summed E-state index contributed by atoms with van der Waals surface area (Å²) in [5.41, 5.74) is 7.91. The van der Waals surface area contributed by atoms with Crippen molar-refractivity contribution in [3.05, 3.63) is 95.1 Å². The maximum atomic E-state index is 12.3. The molecule has 0 saturated heterocycles. The Labute approximate surface area is 172 Å². The number of hydrogen-bond donors (Lipinski definition) is 2. The van der Waals surface area contributed by atoms with Gasteiger partial charge in [-0.15, -0.1) is 11.8 Å². The van der Waals surface area contributed by atoms with Gasteiger partial charge in [0.1, 0.15) is 0 Å². The Hall–Kier alpha value is -3.38. The number of carboxylic acids is 1. The van der Waals surface area contributed by atoms with Crippen LogP contribution in [0.1, 0.15) is 32.3 Å². The lowest BCUT2D eigenvalue weighted by Gasteiger charge is -2.12. The molecule has 29 heavy (non-hydrogen) atoms. The fourth-order valence-corrected chi connectivity index (χ4v) is 4.61. The first-order chi connectivity index (χ1) is 14.1. The first kappa shape index (κ1) is 19.0. The lowest BCUT2D eigenvalue weighted by atomic mass is 10.1. The van der Waals surface area contributed by atoms with Gasteiger partial charge in [-0.1, -0.05) is 66.7 Å². The average molecular weight is 402 g/mol. The number of carbonyl (C=O) groups is 2. The van der Waals surface area contributed by atoms with Crippen molar-refractivity contribution in [2.24, 2.45) is 5.10 Å². The molecule has 1 aliphatic carbocycles. The molecular weight excluding hydrogens is 384 g/mol. The number of hydrogen-bond acceptors (Lipinski definition) is 4. The van der Waals surface area contributed by atoms with Crippen molar-refractivity contribution in [1.29, 1.82) is 0 Å². The van der Waals surface area contributed by atoms with Crippen LogP contribution in [0, 0.1) is 0 Å². The molecule has 0 unspecified atom stereocenters. The lowest BCUT2D eigenvalue weighted by Crippen LogP contribution is -2.20. The van der Waals surface area contributed by atoms with Crippen molar-refractivity contribution in [3.63, 3.8) is 0 Å². The topological polar surface area (TPSA) is 78.8 Å². The summed E-state index contributed by atoms with van der Waals surface area (Å²) in [4.78, 5) is 23.5. The van der Waals surface area contributed by atoms with Crippen molar-refractivity contribution >= 4 is 29.9 Å². The van der Waals surface area contributed by atoms with Gasteiger partial charge in [-0.3, -0.25) is 4.79 Å². The Morgan fingerprint density at radius 3 is 2.17 bits per heavy atom. The van der Waals surface area contributed by atoms with Gasteiger partial charge < -0.3 is 5.11 Å². The molecule has 4 rings (SSSR count). The maximum absolute atomic E-state index is 12.3. The van der Waals surface area contributed by atoms with Crippen molar-refractivity contribution in [2.45, 2.75) is 5.25 Å². The van der Waals surface area contributed by atoms with Crippen molar-refractivity contribution in [3.8, 4) is 11.1 Å². The number of carbonyl (C=O) groups excluding carboxylic acids is 1. The number of hydrazone groups is 1. The second-order valence-electron chi connectivity index (χ2n) is 6.55. The molecule has 0 fully saturated rings. The Kier molecular flexibility index (Phi) is 5.44. The van der Waals surface area contributed by atoms with Crippen molar-refractivity contribution in [2.75, 3.05) is 5.75 Å². The molecule has 0 radical (unpaired) electrons. The van der Waals surface area contributed by atoms with Crippen LogP contribution in [0.3, 0.4) is 0 Å². The van der Waals surface area contributed by atoms with Crippen LogP contribution in [0.4, 0.5) is 0 Å².